The van der Waals surface area contributed by atoms with Gasteiger partial charge >= 0.3 is 0 Å². The van der Waals surface area contributed by atoms with Crippen molar-refractivity contribution >= 4 is 6.29 Å². The third kappa shape index (κ3) is 1.66. The number of carbonyl (C=O) groups is 1. The predicted molar refractivity (Wildman–Crippen MR) is 60.5 cm³/mol. The van der Waals surface area contributed by atoms with Crippen molar-refractivity contribution in [3.05, 3.63) is 29.3 Å². The molecule has 0 amide bonds. The van der Waals surface area contributed by atoms with Crippen molar-refractivity contribution < 1.29 is 9.21 Å². The minimum Gasteiger partial charge on any atom is -0.466 e. The van der Waals surface area contributed by atoms with E-state index >= 15 is 0 Å². The Balaban J connectivity index is 2.58. The first-order valence-corrected chi connectivity index (χ1v) is 5.25. The van der Waals surface area contributed by atoms with Crippen LogP contribution in [0, 0.1) is 13.8 Å². The van der Waals surface area contributed by atoms with E-state index in [4.69, 9.17) is 4.42 Å². The third-order valence-corrected chi connectivity index (χ3v) is 2.54. The zero-order chi connectivity index (χ0) is 11.7. The van der Waals surface area contributed by atoms with Crippen molar-refractivity contribution in [3.63, 3.8) is 0 Å². The van der Waals surface area contributed by atoms with Crippen LogP contribution in [-0.4, -0.2) is 16.1 Å². The fourth-order valence-corrected chi connectivity index (χ4v) is 1.76. The van der Waals surface area contributed by atoms with Crippen molar-refractivity contribution in [1.29, 1.82) is 0 Å². The van der Waals surface area contributed by atoms with E-state index in [1.807, 2.05) is 26.8 Å². The summed E-state index contributed by atoms with van der Waals surface area (Å²) in [5, 5.41) is 4.37. The van der Waals surface area contributed by atoms with Crippen molar-refractivity contribution in [2.75, 3.05) is 0 Å². The van der Waals surface area contributed by atoms with Crippen molar-refractivity contribution in [2.24, 2.45) is 0 Å². The van der Waals surface area contributed by atoms with Crippen LogP contribution in [0.15, 0.2) is 16.7 Å². The summed E-state index contributed by atoms with van der Waals surface area (Å²) in [7, 11) is 0. The summed E-state index contributed by atoms with van der Waals surface area (Å²) in [4.78, 5) is 11.0. The highest BCUT2D eigenvalue weighted by Crippen LogP contribution is 2.27. The summed E-state index contributed by atoms with van der Waals surface area (Å²) < 4.78 is 7.20. The smallest absolute Gasteiger partial charge is 0.153 e. The highest BCUT2D eigenvalue weighted by Gasteiger charge is 2.15. The number of nitrogens with zero attached hydrogens (tertiary/aromatic N) is 2. The number of aldehydes is 1. The van der Waals surface area contributed by atoms with Gasteiger partial charge in [-0.25, -0.2) is 0 Å². The molecule has 0 aliphatic carbocycles. The summed E-state index contributed by atoms with van der Waals surface area (Å²) in [5.41, 5.74) is 2.20. The number of furan rings is 1. The fraction of sp³-hybridized carbons (Fsp3) is 0.333. The second kappa shape index (κ2) is 3.96. The first-order chi connectivity index (χ1) is 7.65. The van der Waals surface area contributed by atoms with Gasteiger partial charge in [-0.3, -0.25) is 9.48 Å². The average Bonchev–Trinajstić information content (AvgIpc) is 2.81. The third-order valence-electron chi connectivity index (χ3n) is 2.54. The van der Waals surface area contributed by atoms with Crippen LogP contribution in [0.5, 0.6) is 0 Å². The van der Waals surface area contributed by atoms with Crippen LogP contribution in [0.1, 0.15) is 28.8 Å². The second-order valence-electron chi connectivity index (χ2n) is 3.73. The van der Waals surface area contributed by atoms with E-state index in [0.29, 0.717) is 11.3 Å². The Morgan fingerprint density at radius 3 is 2.75 bits per heavy atom. The molecule has 2 aromatic heterocycles. The van der Waals surface area contributed by atoms with Crippen LogP contribution >= 0.6 is 0 Å². The molecule has 0 spiro atoms. The molecule has 2 rings (SSSR count). The Bertz CT molecular complexity index is 523. The van der Waals surface area contributed by atoms with Crippen LogP contribution in [-0.2, 0) is 6.54 Å². The lowest BCUT2D eigenvalue weighted by molar-refractivity contribution is 0.112. The largest absolute Gasteiger partial charge is 0.466 e. The van der Waals surface area contributed by atoms with Crippen LogP contribution in [0.3, 0.4) is 0 Å². The molecule has 4 heteroatoms. The molecular formula is C12H14N2O2. The highest BCUT2D eigenvalue weighted by atomic mass is 16.3. The first kappa shape index (κ1) is 10.7. The van der Waals surface area contributed by atoms with E-state index < -0.39 is 0 Å². The molecule has 0 atom stereocenters. The molecule has 16 heavy (non-hydrogen) atoms. The topological polar surface area (TPSA) is 48.0 Å². The molecule has 0 saturated carbocycles. The van der Waals surface area contributed by atoms with Crippen molar-refractivity contribution in [3.8, 4) is 11.3 Å². The van der Waals surface area contributed by atoms with E-state index in [-0.39, 0.29) is 0 Å². The number of hydrogen-bond acceptors (Lipinski definition) is 3. The number of hydrogen-bond donors (Lipinski definition) is 0. The normalized spacial score (nSPS) is 10.7. The molecule has 0 N–H and O–H groups in total. The quantitative estimate of drug-likeness (QED) is 0.744. The molecule has 0 bridgehead atoms. The highest BCUT2D eigenvalue weighted by molar-refractivity contribution is 5.85. The molecule has 0 unspecified atom stereocenters. The monoisotopic (exact) mass is 218 g/mol. The molecule has 0 radical (unpaired) electrons. The van der Waals surface area contributed by atoms with E-state index in [2.05, 4.69) is 5.10 Å². The summed E-state index contributed by atoms with van der Waals surface area (Å²) >= 11 is 0. The first-order valence-electron chi connectivity index (χ1n) is 5.25. The van der Waals surface area contributed by atoms with Gasteiger partial charge in [0.15, 0.2) is 6.29 Å². The molecule has 4 nitrogen and oxygen atoms in total. The zero-order valence-electron chi connectivity index (χ0n) is 9.65. The lowest BCUT2D eigenvalue weighted by atomic mass is 10.1. The van der Waals surface area contributed by atoms with Crippen LogP contribution in [0.4, 0.5) is 0 Å². The minimum atomic E-state index is 0.603. The van der Waals surface area contributed by atoms with Gasteiger partial charge in [0, 0.05) is 18.3 Å². The standard InChI is InChI=1S/C12H14N2O2/c1-4-14-6-10(7-15)12(13-14)11-5-8(2)16-9(11)3/h5-7H,4H2,1-3H3. The molecule has 0 aliphatic heterocycles. The zero-order valence-corrected chi connectivity index (χ0v) is 9.65. The molecule has 0 aromatic carbocycles. The number of aryl methyl sites for hydroxylation is 3. The van der Waals surface area contributed by atoms with E-state index in [0.717, 1.165) is 29.9 Å². The van der Waals surface area contributed by atoms with Gasteiger partial charge in [0.1, 0.15) is 17.2 Å². The Morgan fingerprint density at radius 1 is 1.50 bits per heavy atom. The molecule has 2 heterocycles. The van der Waals surface area contributed by atoms with Gasteiger partial charge in [-0.15, -0.1) is 0 Å². The van der Waals surface area contributed by atoms with Crippen molar-refractivity contribution in [1.82, 2.24) is 9.78 Å². The average molecular weight is 218 g/mol. The maximum Gasteiger partial charge on any atom is 0.153 e. The van der Waals surface area contributed by atoms with Crippen LogP contribution in [0.2, 0.25) is 0 Å². The Morgan fingerprint density at radius 2 is 2.25 bits per heavy atom. The Labute approximate surface area is 93.9 Å². The van der Waals surface area contributed by atoms with Gasteiger partial charge in [0.05, 0.1) is 5.56 Å². The lowest BCUT2D eigenvalue weighted by Gasteiger charge is -1.94. The van der Waals surface area contributed by atoms with Crippen molar-refractivity contribution in [2.45, 2.75) is 27.3 Å². The summed E-state index contributed by atoms with van der Waals surface area (Å²) in [6.45, 7) is 6.49. The fourth-order valence-electron chi connectivity index (χ4n) is 1.76. The second-order valence-corrected chi connectivity index (χ2v) is 3.73. The maximum atomic E-state index is 11.0. The molecule has 2 aromatic rings. The van der Waals surface area contributed by atoms with Gasteiger partial charge < -0.3 is 4.42 Å². The van der Waals surface area contributed by atoms with E-state index in [1.165, 1.54) is 0 Å². The van der Waals surface area contributed by atoms with Gasteiger partial charge in [0.25, 0.3) is 0 Å². The minimum absolute atomic E-state index is 0.603. The molecular weight excluding hydrogens is 204 g/mol. The van der Waals surface area contributed by atoms with Crippen LogP contribution < -0.4 is 0 Å². The van der Waals surface area contributed by atoms with Crippen LogP contribution in [0.25, 0.3) is 11.3 Å². The molecule has 0 saturated heterocycles. The van der Waals surface area contributed by atoms with Gasteiger partial charge in [-0.2, -0.15) is 5.10 Å². The number of aromatic nitrogens is 2. The summed E-state index contributed by atoms with van der Waals surface area (Å²) in [6, 6.07) is 1.91. The predicted octanol–water partition coefficient (Wildman–Crippen LogP) is 2.59. The van der Waals surface area contributed by atoms with E-state index in [9.17, 15) is 4.79 Å². The maximum absolute atomic E-state index is 11.0. The number of carbonyl (C=O) groups excluding carboxylic acids is 1. The van der Waals surface area contributed by atoms with Gasteiger partial charge in [-0.05, 0) is 26.8 Å². The van der Waals surface area contributed by atoms with E-state index in [1.54, 1.807) is 10.9 Å². The molecule has 84 valence electrons. The SMILES string of the molecule is CCn1cc(C=O)c(-c2cc(C)oc2C)n1. The van der Waals surface area contributed by atoms with Gasteiger partial charge in [0.2, 0.25) is 0 Å². The molecule has 0 fully saturated rings. The van der Waals surface area contributed by atoms with Gasteiger partial charge in [-0.1, -0.05) is 0 Å². The summed E-state index contributed by atoms with van der Waals surface area (Å²) in [5.74, 6) is 1.62. The Kier molecular flexibility index (Phi) is 2.64. The lowest BCUT2D eigenvalue weighted by Crippen LogP contribution is -1.93. The summed E-state index contributed by atoms with van der Waals surface area (Å²) in [6.07, 6.45) is 2.58. The number of rotatable bonds is 3. The Hall–Kier alpha value is -1.84. The molecule has 0 aliphatic rings.